The summed E-state index contributed by atoms with van der Waals surface area (Å²) in [5, 5.41) is 2.87. The van der Waals surface area contributed by atoms with Gasteiger partial charge in [-0.2, -0.15) is 0 Å². The minimum atomic E-state index is -0.0319. The number of para-hydroxylation sites is 1. The second kappa shape index (κ2) is 8.41. The number of anilines is 2. The lowest BCUT2D eigenvalue weighted by Gasteiger charge is -2.26. The van der Waals surface area contributed by atoms with Crippen LogP contribution in [0.1, 0.15) is 43.2 Å². The minimum Gasteiger partial charge on any atom is -0.326 e. The number of nitrogens with zero attached hydrogens (tertiary/aromatic N) is 1. The van der Waals surface area contributed by atoms with Gasteiger partial charge in [0.25, 0.3) is 0 Å². The molecule has 0 unspecified atom stereocenters. The van der Waals surface area contributed by atoms with Gasteiger partial charge in [-0.1, -0.05) is 44.2 Å². The maximum Gasteiger partial charge on any atom is 0.238 e. The molecular weight excluding hydrogens is 344 g/mol. The number of rotatable bonds is 6. The summed E-state index contributed by atoms with van der Waals surface area (Å²) in [6.45, 7) is 4.09. The van der Waals surface area contributed by atoms with Crippen molar-refractivity contribution in [3.8, 4) is 0 Å². The molecule has 1 fully saturated rings. The van der Waals surface area contributed by atoms with Gasteiger partial charge in [-0.25, -0.2) is 0 Å². The van der Waals surface area contributed by atoms with Gasteiger partial charge in [0.2, 0.25) is 11.8 Å². The fourth-order valence-electron chi connectivity index (χ4n) is 3.16. The minimum absolute atomic E-state index is 0.0316. The third-order valence-corrected chi connectivity index (χ3v) is 5.67. The summed E-state index contributed by atoms with van der Waals surface area (Å²) in [7, 11) is 0. The zero-order valence-electron chi connectivity index (χ0n) is 15.2. The third kappa shape index (κ3) is 3.93. The highest BCUT2D eigenvalue weighted by atomic mass is 32.2. The van der Waals surface area contributed by atoms with E-state index in [1.807, 2.05) is 54.3 Å². The predicted octanol–water partition coefficient (Wildman–Crippen LogP) is 4.77. The van der Waals surface area contributed by atoms with Crippen molar-refractivity contribution in [1.29, 1.82) is 0 Å². The first-order chi connectivity index (χ1) is 12.6. The van der Waals surface area contributed by atoms with Gasteiger partial charge in [0.1, 0.15) is 5.37 Å². The quantitative estimate of drug-likeness (QED) is 0.799. The maximum atomic E-state index is 12.6. The van der Waals surface area contributed by atoms with Crippen molar-refractivity contribution >= 4 is 35.0 Å². The molecule has 0 aliphatic carbocycles. The molecule has 1 atom stereocenters. The molecule has 26 heavy (non-hydrogen) atoms. The van der Waals surface area contributed by atoms with Crippen LogP contribution in [-0.2, 0) is 16.0 Å². The zero-order chi connectivity index (χ0) is 18.5. The number of nitrogens with one attached hydrogen (secondary N) is 1. The van der Waals surface area contributed by atoms with E-state index in [1.54, 1.807) is 11.8 Å². The fourth-order valence-corrected chi connectivity index (χ4v) is 4.33. The summed E-state index contributed by atoms with van der Waals surface area (Å²) in [5.41, 5.74) is 4.04. The number of amides is 2. The Morgan fingerprint density at radius 3 is 2.58 bits per heavy atom. The molecule has 2 aromatic rings. The molecule has 4 nitrogen and oxygen atoms in total. The molecular formula is C21H24N2O2S. The lowest BCUT2D eigenvalue weighted by molar-refractivity contribution is -0.116. The molecule has 2 aromatic carbocycles. The molecule has 1 heterocycles. The number of carbonyl (C=O) groups excluding carboxylic acids is 2. The lowest BCUT2D eigenvalue weighted by Crippen LogP contribution is -2.28. The molecule has 0 saturated carbocycles. The number of carbonyl (C=O) groups is 2. The molecule has 0 bridgehead atoms. The highest BCUT2D eigenvalue weighted by molar-refractivity contribution is 8.00. The molecule has 1 aliphatic heterocycles. The van der Waals surface area contributed by atoms with Gasteiger partial charge in [0.15, 0.2) is 0 Å². The van der Waals surface area contributed by atoms with Crippen LogP contribution in [0.2, 0.25) is 0 Å². The van der Waals surface area contributed by atoms with Crippen LogP contribution in [0.5, 0.6) is 0 Å². The first kappa shape index (κ1) is 18.5. The first-order valence-corrected chi connectivity index (χ1v) is 10.1. The summed E-state index contributed by atoms with van der Waals surface area (Å²) >= 11 is 1.64. The molecule has 136 valence electrons. The van der Waals surface area contributed by atoms with Gasteiger partial charge in [0, 0.05) is 17.8 Å². The van der Waals surface area contributed by atoms with E-state index in [0.717, 1.165) is 29.8 Å². The normalized spacial score (nSPS) is 16.8. The Balaban J connectivity index is 1.83. The molecule has 0 radical (unpaired) electrons. The second-order valence-corrected chi connectivity index (χ2v) is 7.40. The van der Waals surface area contributed by atoms with Crippen LogP contribution in [0.3, 0.4) is 0 Å². The van der Waals surface area contributed by atoms with E-state index in [1.165, 1.54) is 5.56 Å². The summed E-state index contributed by atoms with van der Waals surface area (Å²) in [5.74, 6) is 0.655. The molecule has 1 aliphatic rings. The van der Waals surface area contributed by atoms with E-state index < -0.39 is 0 Å². The Hall–Kier alpha value is -2.27. The predicted molar refractivity (Wildman–Crippen MR) is 108 cm³/mol. The van der Waals surface area contributed by atoms with E-state index in [0.29, 0.717) is 12.2 Å². The number of thioether (sulfide) groups is 1. The van der Waals surface area contributed by atoms with Gasteiger partial charge in [-0.05, 0) is 42.2 Å². The van der Waals surface area contributed by atoms with E-state index in [-0.39, 0.29) is 17.2 Å². The van der Waals surface area contributed by atoms with E-state index in [2.05, 4.69) is 18.3 Å². The second-order valence-electron chi connectivity index (χ2n) is 6.33. The molecule has 0 aromatic heterocycles. The largest absolute Gasteiger partial charge is 0.326 e. The standard InChI is InChI=1S/C21H24N2O2S/c1-3-7-19(24)22-17-12-10-16(11-13-17)21-23(20(25)14-26-21)18-9-6-5-8-15(18)4-2/h5-6,8-13,21H,3-4,7,14H2,1-2H3,(H,22,24)/t21-/m0/s1. The van der Waals surface area contributed by atoms with Crippen LogP contribution in [0.4, 0.5) is 11.4 Å². The molecule has 3 rings (SSSR count). The molecule has 1 N–H and O–H groups in total. The molecule has 0 spiro atoms. The number of hydrogen-bond acceptors (Lipinski definition) is 3. The Bertz CT molecular complexity index is 789. The Kier molecular flexibility index (Phi) is 5.99. The highest BCUT2D eigenvalue weighted by Gasteiger charge is 2.34. The summed E-state index contributed by atoms with van der Waals surface area (Å²) in [6, 6.07) is 15.9. The maximum absolute atomic E-state index is 12.6. The van der Waals surface area contributed by atoms with Crippen LogP contribution >= 0.6 is 11.8 Å². The smallest absolute Gasteiger partial charge is 0.238 e. The Labute approximate surface area is 159 Å². The van der Waals surface area contributed by atoms with Crippen LogP contribution in [0.25, 0.3) is 0 Å². The van der Waals surface area contributed by atoms with Crippen molar-refractivity contribution in [2.24, 2.45) is 0 Å². The first-order valence-electron chi connectivity index (χ1n) is 9.05. The molecule has 5 heteroatoms. The number of hydrogen-bond donors (Lipinski definition) is 1. The summed E-state index contributed by atoms with van der Waals surface area (Å²) < 4.78 is 0. The van der Waals surface area contributed by atoms with Crippen molar-refractivity contribution in [2.45, 2.75) is 38.5 Å². The number of benzene rings is 2. The van der Waals surface area contributed by atoms with Crippen molar-refractivity contribution in [3.05, 3.63) is 59.7 Å². The Morgan fingerprint density at radius 2 is 1.88 bits per heavy atom. The zero-order valence-corrected chi connectivity index (χ0v) is 16.0. The van der Waals surface area contributed by atoms with E-state index in [4.69, 9.17) is 0 Å². The van der Waals surface area contributed by atoms with Gasteiger partial charge in [-0.15, -0.1) is 11.8 Å². The van der Waals surface area contributed by atoms with Crippen LogP contribution < -0.4 is 10.2 Å². The van der Waals surface area contributed by atoms with E-state index >= 15 is 0 Å². The fraction of sp³-hybridized carbons (Fsp3) is 0.333. The monoisotopic (exact) mass is 368 g/mol. The average molecular weight is 369 g/mol. The Morgan fingerprint density at radius 1 is 1.15 bits per heavy atom. The van der Waals surface area contributed by atoms with Crippen molar-refractivity contribution in [1.82, 2.24) is 0 Å². The van der Waals surface area contributed by atoms with Crippen molar-refractivity contribution < 1.29 is 9.59 Å². The highest BCUT2D eigenvalue weighted by Crippen LogP contribution is 2.43. The summed E-state index contributed by atoms with van der Waals surface area (Å²) in [4.78, 5) is 26.2. The van der Waals surface area contributed by atoms with Crippen LogP contribution in [-0.4, -0.2) is 17.6 Å². The third-order valence-electron chi connectivity index (χ3n) is 4.46. The van der Waals surface area contributed by atoms with Crippen LogP contribution in [0.15, 0.2) is 48.5 Å². The topological polar surface area (TPSA) is 49.4 Å². The SMILES string of the molecule is CCCC(=O)Nc1ccc([C@@H]2SCC(=O)N2c2ccccc2CC)cc1. The average Bonchev–Trinajstić information content (AvgIpc) is 3.04. The van der Waals surface area contributed by atoms with Crippen LogP contribution in [0, 0.1) is 0 Å². The van der Waals surface area contributed by atoms with Gasteiger partial charge in [0.05, 0.1) is 5.75 Å². The van der Waals surface area contributed by atoms with Crippen molar-refractivity contribution in [2.75, 3.05) is 16.0 Å². The lowest BCUT2D eigenvalue weighted by atomic mass is 10.1. The van der Waals surface area contributed by atoms with Gasteiger partial charge >= 0.3 is 0 Å². The van der Waals surface area contributed by atoms with Gasteiger partial charge in [-0.3, -0.25) is 14.5 Å². The van der Waals surface area contributed by atoms with Gasteiger partial charge < -0.3 is 5.32 Å². The molecule has 1 saturated heterocycles. The summed E-state index contributed by atoms with van der Waals surface area (Å²) in [6.07, 6.45) is 2.24. The number of aryl methyl sites for hydroxylation is 1. The van der Waals surface area contributed by atoms with E-state index in [9.17, 15) is 9.59 Å². The molecule has 2 amide bonds. The van der Waals surface area contributed by atoms with Crippen molar-refractivity contribution in [3.63, 3.8) is 0 Å².